The Labute approximate surface area is 111 Å². The number of nitrogens with one attached hydrogen (secondary N) is 1. The molecule has 2 rings (SSSR count). The molecule has 96 valence electrons. The SMILES string of the molecule is COc1ccc(C(NN)c2csc(C)n2)c(C)c1. The average Bonchev–Trinajstić information content (AvgIpc) is 2.78. The van der Waals surface area contributed by atoms with Crippen LogP contribution in [0, 0.1) is 13.8 Å². The highest BCUT2D eigenvalue weighted by atomic mass is 32.1. The molecule has 2 aromatic rings. The Bertz CT molecular complexity index is 539. The standard InChI is InChI=1S/C13H17N3OS/c1-8-6-10(17-3)4-5-11(8)13(16-14)12-7-18-9(2)15-12/h4-7,13,16H,14H2,1-3H3. The fourth-order valence-corrected chi connectivity index (χ4v) is 2.58. The van der Waals surface area contributed by atoms with Crippen molar-refractivity contribution in [3.05, 3.63) is 45.4 Å². The number of thiazole rings is 1. The van der Waals surface area contributed by atoms with Crippen LogP contribution in [0.1, 0.15) is 27.9 Å². The van der Waals surface area contributed by atoms with E-state index in [1.807, 2.05) is 37.4 Å². The van der Waals surface area contributed by atoms with Gasteiger partial charge >= 0.3 is 0 Å². The maximum absolute atomic E-state index is 5.67. The van der Waals surface area contributed by atoms with E-state index in [9.17, 15) is 0 Å². The Kier molecular flexibility index (Phi) is 3.96. The number of aryl methyl sites for hydroxylation is 2. The van der Waals surface area contributed by atoms with Crippen molar-refractivity contribution in [1.29, 1.82) is 0 Å². The van der Waals surface area contributed by atoms with Crippen LogP contribution in [0.5, 0.6) is 5.75 Å². The molecule has 0 aliphatic heterocycles. The molecule has 0 bridgehead atoms. The van der Waals surface area contributed by atoms with Gasteiger partial charge in [-0.05, 0) is 37.1 Å². The van der Waals surface area contributed by atoms with E-state index < -0.39 is 0 Å². The Hall–Kier alpha value is -1.43. The van der Waals surface area contributed by atoms with Crippen molar-refractivity contribution in [3.8, 4) is 5.75 Å². The molecule has 4 nitrogen and oxygen atoms in total. The molecule has 0 amide bonds. The minimum Gasteiger partial charge on any atom is -0.497 e. The van der Waals surface area contributed by atoms with Crippen LogP contribution in [0.3, 0.4) is 0 Å². The third-order valence-corrected chi connectivity index (χ3v) is 3.68. The lowest BCUT2D eigenvalue weighted by molar-refractivity contribution is 0.414. The smallest absolute Gasteiger partial charge is 0.119 e. The third-order valence-electron chi connectivity index (χ3n) is 2.89. The lowest BCUT2D eigenvalue weighted by atomic mass is 9.99. The number of hydrogen-bond donors (Lipinski definition) is 2. The first-order chi connectivity index (χ1) is 8.65. The summed E-state index contributed by atoms with van der Waals surface area (Å²) >= 11 is 1.62. The molecule has 0 saturated heterocycles. The van der Waals surface area contributed by atoms with Crippen LogP contribution in [-0.2, 0) is 0 Å². The summed E-state index contributed by atoms with van der Waals surface area (Å²) in [5.74, 6) is 6.52. The summed E-state index contributed by atoms with van der Waals surface area (Å²) < 4.78 is 5.21. The number of nitrogens with two attached hydrogens (primary N) is 1. The monoisotopic (exact) mass is 263 g/mol. The minimum atomic E-state index is -0.0825. The van der Waals surface area contributed by atoms with E-state index in [0.29, 0.717) is 0 Å². The zero-order chi connectivity index (χ0) is 13.1. The van der Waals surface area contributed by atoms with E-state index in [4.69, 9.17) is 10.6 Å². The quantitative estimate of drug-likeness (QED) is 0.656. The highest BCUT2D eigenvalue weighted by Crippen LogP contribution is 2.27. The summed E-state index contributed by atoms with van der Waals surface area (Å²) in [4.78, 5) is 4.49. The molecule has 1 atom stereocenters. The maximum Gasteiger partial charge on any atom is 0.119 e. The molecular weight excluding hydrogens is 246 g/mol. The molecule has 0 radical (unpaired) electrons. The molecule has 3 N–H and O–H groups in total. The van der Waals surface area contributed by atoms with Gasteiger partial charge in [-0.3, -0.25) is 5.84 Å². The van der Waals surface area contributed by atoms with Crippen LogP contribution < -0.4 is 16.0 Å². The summed E-state index contributed by atoms with van der Waals surface area (Å²) in [6.45, 7) is 4.03. The van der Waals surface area contributed by atoms with Crippen LogP contribution in [-0.4, -0.2) is 12.1 Å². The van der Waals surface area contributed by atoms with Crippen molar-refractivity contribution in [1.82, 2.24) is 10.4 Å². The number of aromatic nitrogens is 1. The first-order valence-electron chi connectivity index (χ1n) is 5.68. The average molecular weight is 263 g/mol. The zero-order valence-electron chi connectivity index (χ0n) is 10.7. The van der Waals surface area contributed by atoms with Gasteiger partial charge in [0.05, 0.1) is 23.9 Å². The minimum absolute atomic E-state index is 0.0825. The molecule has 1 aromatic carbocycles. The summed E-state index contributed by atoms with van der Waals surface area (Å²) in [5, 5.41) is 3.07. The highest BCUT2D eigenvalue weighted by Gasteiger charge is 2.17. The Morgan fingerprint density at radius 2 is 2.17 bits per heavy atom. The Morgan fingerprint density at radius 3 is 2.67 bits per heavy atom. The van der Waals surface area contributed by atoms with Gasteiger partial charge in [-0.1, -0.05) is 6.07 Å². The molecule has 1 unspecified atom stereocenters. The van der Waals surface area contributed by atoms with E-state index in [-0.39, 0.29) is 6.04 Å². The van der Waals surface area contributed by atoms with E-state index in [1.54, 1.807) is 18.4 Å². The van der Waals surface area contributed by atoms with Gasteiger partial charge in [0, 0.05) is 5.38 Å². The second-order valence-corrected chi connectivity index (χ2v) is 5.18. The topological polar surface area (TPSA) is 60.2 Å². The predicted octanol–water partition coefficient (Wildman–Crippen LogP) is 2.32. The molecular formula is C13H17N3OS. The number of hydrogen-bond acceptors (Lipinski definition) is 5. The van der Waals surface area contributed by atoms with Crippen molar-refractivity contribution < 1.29 is 4.74 Å². The van der Waals surface area contributed by atoms with Crippen LogP contribution in [0.4, 0.5) is 0 Å². The molecule has 1 aromatic heterocycles. The van der Waals surface area contributed by atoms with Crippen LogP contribution >= 0.6 is 11.3 Å². The number of ether oxygens (including phenoxy) is 1. The van der Waals surface area contributed by atoms with Gasteiger partial charge in [-0.15, -0.1) is 11.3 Å². The number of rotatable bonds is 4. The second kappa shape index (κ2) is 5.48. The number of hydrazine groups is 1. The van der Waals surface area contributed by atoms with Crippen molar-refractivity contribution in [3.63, 3.8) is 0 Å². The van der Waals surface area contributed by atoms with Crippen molar-refractivity contribution in [2.24, 2.45) is 5.84 Å². The summed E-state index contributed by atoms with van der Waals surface area (Å²) in [7, 11) is 1.66. The predicted molar refractivity (Wildman–Crippen MR) is 73.7 cm³/mol. The molecule has 0 aliphatic carbocycles. The van der Waals surface area contributed by atoms with Gasteiger partial charge in [0.15, 0.2) is 0 Å². The first-order valence-corrected chi connectivity index (χ1v) is 6.56. The molecule has 1 heterocycles. The number of benzene rings is 1. The molecule has 5 heteroatoms. The Balaban J connectivity index is 2.39. The maximum atomic E-state index is 5.67. The van der Waals surface area contributed by atoms with Crippen LogP contribution in [0.15, 0.2) is 23.6 Å². The van der Waals surface area contributed by atoms with Gasteiger partial charge in [0.25, 0.3) is 0 Å². The summed E-state index contributed by atoms with van der Waals surface area (Å²) in [6.07, 6.45) is 0. The first kappa shape index (κ1) is 13.0. The van der Waals surface area contributed by atoms with E-state index >= 15 is 0 Å². The van der Waals surface area contributed by atoms with Crippen molar-refractivity contribution in [2.45, 2.75) is 19.9 Å². The zero-order valence-corrected chi connectivity index (χ0v) is 11.5. The van der Waals surface area contributed by atoms with Crippen molar-refractivity contribution in [2.75, 3.05) is 7.11 Å². The van der Waals surface area contributed by atoms with Crippen LogP contribution in [0.2, 0.25) is 0 Å². The fraction of sp³-hybridized carbons (Fsp3) is 0.308. The van der Waals surface area contributed by atoms with Gasteiger partial charge in [-0.25, -0.2) is 10.4 Å². The van der Waals surface area contributed by atoms with Gasteiger partial charge in [0.2, 0.25) is 0 Å². The molecule has 0 aliphatic rings. The fourth-order valence-electron chi connectivity index (χ4n) is 1.95. The summed E-state index contributed by atoms with van der Waals surface area (Å²) in [5.41, 5.74) is 6.02. The molecule has 18 heavy (non-hydrogen) atoms. The number of nitrogens with zero attached hydrogens (tertiary/aromatic N) is 1. The number of methoxy groups -OCH3 is 1. The lowest BCUT2D eigenvalue weighted by Gasteiger charge is -2.17. The van der Waals surface area contributed by atoms with Crippen LogP contribution in [0.25, 0.3) is 0 Å². The molecule has 0 saturated carbocycles. The van der Waals surface area contributed by atoms with Gasteiger partial charge in [0.1, 0.15) is 5.75 Å². The third kappa shape index (κ3) is 2.53. The van der Waals surface area contributed by atoms with Gasteiger partial charge in [-0.2, -0.15) is 0 Å². The van der Waals surface area contributed by atoms with Gasteiger partial charge < -0.3 is 4.74 Å². The Morgan fingerprint density at radius 1 is 1.39 bits per heavy atom. The normalized spacial score (nSPS) is 12.4. The van der Waals surface area contributed by atoms with Crippen molar-refractivity contribution >= 4 is 11.3 Å². The van der Waals surface area contributed by atoms with E-state index in [2.05, 4.69) is 10.4 Å². The second-order valence-electron chi connectivity index (χ2n) is 4.11. The van der Waals surface area contributed by atoms with E-state index in [0.717, 1.165) is 27.6 Å². The lowest BCUT2D eigenvalue weighted by Crippen LogP contribution is -2.29. The highest BCUT2D eigenvalue weighted by molar-refractivity contribution is 7.09. The molecule has 0 spiro atoms. The van der Waals surface area contributed by atoms with E-state index in [1.165, 1.54) is 0 Å². The summed E-state index contributed by atoms with van der Waals surface area (Å²) in [6, 6.07) is 5.87. The molecule has 0 fully saturated rings. The largest absolute Gasteiger partial charge is 0.497 e.